The molecule has 2 aromatic heterocycles. The Kier molecular flexibility index (Phi) is 5.59. The predicted octanol–water partition coefficient (Wildman–Crippen LogP) is 2.01. The number of nitrogens with zero attached hydrogens (tertiary/aromatic N) is 4. The molecule has 1 aliphatic heterocycles. The topological polar surface area (TPSA) is 67.2 Å². The van der Waals surface area contributed by atoms with E-state index < -0.39 is 6.10 Å². The third-order valence-electron chi connectivity index (χ3n) is 4.90. The standard InChI is InChI=1S/C20H21FN4O3S/c1-14(28-17-4-2-15(21)3-5-17)19(27)24-8-6-23(7-9-24)13-16-12-18(26)25-10-11-29-20(25)22-16/h2-5,10-12,14H,6-9,13H2,1H3/t14-/m0/s1. The number of aromatic nitrogens is 2. The number of piperazine rings is 1. The highest BCUT2D eigenvalue weighted by molar-refractivity contribution is 7.15. The molecule has 1 amide bonds. The van der Waals surface area contributed by atoms with Crippen LogP contribution in [0.1, 0.15) is 12.6 Å². The molecule has 29 heavy (non-hydrogen) atoms. The fourth-order valence-corrected chi connectivity index (χ4v) is 4.09. The fourth-order valence-electron chi connectivity index (χ4n) is 3.35. The largest absolute Gasteiger partial charge is 0.481 e. The third-order valence-corrected chi connectivity index (χ3v) is 5.66. The predicted molar refractivity (Wildman–Crippen MR) is 108 cm³/mol. The molecular weight excluding hydrogens is 395 g/mol. The Bertz CT molecular complexity index is 1060. The first kappa shape index (κ1) is 19.5. The Morgan fingerprint density at radius 3 is 2.69 bits per heavy atom. The summed E-state index contributed by atoms with van der Waals surface area (Å²) in [5.74, 6) is 0.0282. The number of thiazole rings is 1. The van der Waals surface area contributed by atoms with Gasteiger partial charge in [0.25, 0.3) is 11.5 Å². The van der Waals surface area contributed by atoms with E-state index in [1.165, 1.54) is 40.0 Å². The molecule has 0 N–H and O–H groups in total. The molecule has 1 fully saturated rings. The fraction of sp³-hybridized carbons (Fsp3) is 0.350. The average Bonchev–Trinajstić information content (AvgIpc) is 3.19. The van der Waals surface area contributed by atoms with Crippen LogP contribution in [0.5, 0.6) is 5.75 Å². The van der Waals surface area contributed by atoms with E-state index in [0.717, 1.165) is 5.69 Å². The van der Waals surface area contributed by atoms with Crippen LogP contribution in [0, 0.1) is 5.82 Å². The van der Waals surface area contributed by atoms with Gasteiger partial charge in [-0.25, -0.2) is 9.37 Å². The number of rotatable bonds is 5. The van der Waals surface area contributed by atoms with E-state index in [-0.39, 0.29) is 17.3 Å². The summed E-state index contributed by atoms with van der Waals surface area (Å²) >= 11 is 1.43. The summed E-state index contributed by atoms with van der Waals surface area (Å²) in [6.07, 6.45) is 1.08. The normalized spacial score (nSPS) is 16.1. The van der Waals surface area contributed by atoms with E-state index in [2.05, 4.69) is 9.88 Å². The Morgan fingerprint density at radius 2 is 1.97 bits per heavy atom. The smallest absolute Gasteiger partial charge is 0.263 e. The molecule has 4 rings (SSSR count). The molecule has 3 aromatic rings. The zero-order valence-electron chi connectivity index (χ0n) is 16.0. The summed E-state index contributed by atoms with van der Waals surface area (Å²) in [6.45, 7) is 4.83. The first-order chi connectivity index (χ1) is 14.0. The number of amides is 1. The molecule has 0 radical (unpaired) electrons. The molecule has 1 atom stereocenters. The van der Waals surface area contributed by atoms with Crippen LogP contribution in [0.4, 0.5) is 4.39 Å². The van der Waals surface area contributed by atoms with Crippen molar-refractivity contribution in [1.82, 2.24) is 19.2 Å². The minimum Gasteiger partial charge on any atom is -0.481 e. The number of ether oxygens (including phenoxy) is 1. The van der Waals surface area contributed by atoms with Crippen LogP contribution in [-0.2, 0) is 11.3 Å². The van der Waals surface area contributed by atoms with Crippen molar-refractivity contribution >= 4 is 22.2 Å². The maximum Gasteiger partial charge on any atom is 0.263 e. The van der Waals surface area contributed by atoms with Crippen molar-refractivity contribution in [2.24, 2.45) is 0 Å². The van der Waals surface area contributed by atoms with E-state index in [0.29, 0.717) is 43.4 Å². The quantitative estimate of drug-likeness (QED) is 0.637. The number of hydrogen-bond donors (Lipinski definition) is 0. The van der Waals surface area contributed by atoms with Crippen LogP contribution < -0.4 is 10.3 Å². The highest BCUT2D eigenvalue weighted by atomic mass is 32.1. The van der Waals surface area contributed by atoms with Gasteiger partial charge in [-0.05, 0) is 31.2 Å². The summed E-state index contributed by atoms with van der Waals surface area (Å²) in [4.78, 5) is 33.9. The summed E-state index contributed by atoms with van der Waals surface area (Å²) < 4.78 is 20.2. The molecular formula is C20H21FN4O3S. The van der Waals surface area contributed by atoms with Gasteiger partial charge in [-0.15, -0.1) is 11.3 Å². The third kappa shape index (κ3) is 4.46. The second-order valence-corrected chi connectivity index (χ2v) is 7.83. The van der Waals surface area contributed by atoms with Gasteiger partial charge in [0.1, 0.15) is 11.6 Å². The SMILES string of the molecule is C[C@H](Oc1ccc(F)cc1)C(=O)N1CCN(Cc2cc(=O)n3ccsc3n2)CC1. The molecule has 0 unspecified atom stereocenters. The minimum atomic E-state index is -0.644. The van der Waals surface area contributed by atoms with Crippen LogP contribution in [0.25, 0.3) is 4.96 Å². The van der Waals surface area contributed by atoms with Crippen LogP contribution in [-0.4, -0.2) is 57.4 Å². The maximum atomic E-state index is 13.0. The molecule has 0 saturated carbocycles. The van der Waals surface area contributed by atoms with Crippen LogP contribution in [0.15, 0.2) is 46.7 Å². The number of carbonyl (C=O) groups is 1. The van der Waals surface area contributed by atoms with Gasteiger partial charge in [-0.1, -0.05) is 0 Å². The molecule has 7 nitrogen and oxygen atoms in total. The van der Waals surface area contributed by atoms with Gasteiger partial charge in [-0.2, -0.15) is 0 Å². The lowest BCUT2D eigenvalue weighted by Crippen LogP contribution is -2.51. The van der Waals surface area contributed by atoms with E-state index in [4.69, 9.17) is 4.74 Å². The molecule has 0 spiro atoms. The Hall–Kier alpha value is -2.78. The maximum absolute atomic E-state index is 13.0. The zero-order valence-corrected chi connectivity index (χ0v) is 16.8. The van der Waals surface area contributed by atoms with Gasteiger partial charge in [-0.3, -0.25) is 18.9 Å². The van der Waals surface area contributed by atoms with E-state index in [9.17, 15) is 14.0 Å². The van der Waals surface area contributed by atoms with Gasteiger partial charge in [0.2, 0.25) is 0 Å². The van der Waals surface area contributed by atoms with Crippen molar-refractivity contribution in [2.45, 2.75) is 19.6 Å². The van der Waals surface area contributed by atoms with Crippen molar-refractivity contribution in [3.63, 3.8) is 0 Å². The van der Waals surface area contributed by atoms with Crippen LogP contribution in [0.3, 0.4) is 0 Å². The summed E-state index contributed by atoms with van der Waals surface area (Å²) in [6, 6.07) is 7.20. The lowest BCUT2D eigenvalue weighted by molar-refractivity contribution is -0.139. The molecule has 3 heterocycles. The Balaban J connectivity index is 1.31. The van der Waals surface area contributed by atoms with Crippen LogP contribution >= 0.6 is 11.3 Å². The van der Waals surface area contributed by atoms with Crippen molar-refractivity contribution in [3.05, 3.63) is 63.8 Å². The van der Waals surface area contributed by atoms with Gasteiger partial charge in [0.05, 0.1) is 5.69 Å². The van der Waals surface area contributed by atoms with Gasteiger partial charge < -0.3 is 9.64 Å². The second-order valence-electron chi connectivity index (χ2n) is 6.96. The minimum absolute atomic E-state index is 0.0770. The highest BCUT2D eigenvalue weighted by Crippen LogP contribution is 2.15. The molecule has 9 heteroatoms. The molecule has 0 bridgehead atoms. The second kappa shape index (κ2) is 8.30. The lowest BCUT2D eigenvalue weighted by Gasteiger charge is -2.35. The van der Waals surface area contributed by atoms with E-state index in [1.807, 2.05) is 5.38 Å². The van der Waals surface area contributed by atoms with E-state index >= 15 is 0 Å². The number of fused-ring (bicyclic) bond motifs is 1. The summed E-state index contributed by atoms with van der Waals surface area (Å²) in [7, 11) is 0. The van der Waals surface area contributed by atoms with Crippen molar-refractivity contribution in [2.75, 3.05) is 26.2 Å². The van der Waals surface area contributed by atoms with Crippen molar-refractivity contribution < 1.29 is 13.9 Å². The number of carbonyl (C=O) groups excluding carboxylic acids is 1. The Morgan fingerprint density at radius 1 is 1.24 bits per heavy atom. The first-order valence-electron chi connectivity index (χ1n) is 9.39. The molecule has 0 aliphatic carbocycles. The van der Waals surface area contributed by atoms with Crippen molar-refractivity contribution in [3.8, 4) is 5.75 Å². The highest BCUT2D eigenvalue weighted by Gasteiger charge is 2.26. The molecule has 1 aliphatic rings. The number of halogens is 1. The zero-order chi connectivity index (χ0) is 20.4. The van der Waals surface area contributed by atoms with Crippen molar-refractivity contribution in [1.29, 1.82) is 0 Å². The lowest BCUT2D eigenvalue weighted by atomic mass is 10.2. The molecule has 152 valence electrons. The summed E-state index contributed by atoms with van der Waals surface area (Å²) in [5, 5.41) is 1.84. The summed E-state index contributed by atoms with van der Waals surface area (Å²) in [5.41, 5.74) is 0.664. The average molecular weight is 416 g/mol. The van der Waals surface area contributed by atoms with Crippen LogP contribution in [0.2, 0.25) is 0 Å². The van der Waals surface area contributed by atoms with Gasteiger partial charge in [0.15, 0.2) is 11.1 Å². The molecule has 1 aromatic carbocycles. The monoisotopic (exact) mass is 416 g/mol. The first-order valence-corrected chi connectivity index (χ1v) is 10.3. The van der Waals surface area contributed by atoms with Gasteiger partial charge in [0, 0.05) is 50.4 Å². The van der Waals surface area contributed by atoms with Gasteiger partial charge >= 0.3 is 0 Å². The molecule has 1 saturated heterocycles. The number of benzene rings is 1. The Labute approximate surface area is 171 Å². The van der Waals surface area contributed by atoms with E-state index in [1.54, 1.807) is 24.1 Å². The number of hydrogen-bond acceptors (Lipinski definition) is 6.